The minimum atomic E-state index is -4.22. The van der Waals surface area contributed by atoms with Gasteiger partial charge in [-0.3, -0.25) is 4.90 Å². The van der Waals surface area contributed by atoms with Gasteiger partial charge in [0.2, 0.25) is 0 Å². The second-order valence-corrected chi connectivity index (χ2v) is 7.77. The predicted molar refractivity (Wildman–Crippen MR) is 95.9 cm³/mol. The number of hydrogen-bond donors (Lipinski definition) is 1. The molecule has 2 fully saturated rings. The SMILES string of the molecule is CC1OCCC12CN(C(=O)Nc1ccc3c(c1)CN(CC(F)(F)F)C3)CCO2. The number of carbonyl (C=O) groups excluding carboxylic acids is 1. The van der Waals surface area contributed by atoms with Gasteiger partial charge in [0.15, 0.2) is 0 Å². The highest BCUT2D eigenvalue weighted by molar-refractivity contribution is 5.89. The lowest BCUT2D eigenvalue weighted by Gasteiger charge is -2.41. The summed E-state index contributed by atoms with van der Waals surface area (Å²) < 4.78 is 49.4. The Hall–Kier alpha value is -1.84. The summed E-state index contributed by atoms with van der Waals surface area (Å²) in [4.78, 5) is 15.8. The van der Waals surface area contributed by atoms with E-state index in [1.54, 1.807) is 23.1 Å². The van der Waals surface area contributed by atoms with Crippen LogP contribution in [0, 0.1) is 0 Å². The molecule has 2 saturated heterocycles. The van der Waals surface area contributed by atoms with Gasteiger partial charge in [-0.1, -0.05) is 6.07 Å². The summed E-state index contributed by atoms with van der Waals surface area (Å²) in [5.41, 5.74) is 1.82. The summed E-state index contributed by atoms with van der Waals surface area (Å²) in [6.45, 7) is 3.56. The summed E-state index contributed by atoms with van der Waals surface area (Å²) in [6, 6.07) is 5.06. The highest BCUT2D eigenvalue weighted by Crippen LogP contribution is 2.33. The predicted octanol–water partition coefficient (Wildman–Crippen LogP) is 2.98. The first-order valence-electron chi connectivity index (χ1n) is 9.46. The van der Waals surface area contributed by atoms with Crippen molar-refractivity contribution < 1.29 is 27.4 Å². The van der Waals surface area contributed by atoms with Gasteiger partial charge in [0.1, 0.15) is 5.60 Å². The Labute approximate surface area is 161 Å². The van der Waals surface area contributed by atoms with Crippen molar-refractivity contribution in [1.29, 1.82) is 0 Å². The standard InChI is InChI=1S/C19H24F3N3O3/c1-13-18(4-6-27-13)11-25(5-7-28-18)17(26)23-16-3-2-14-9-24(10-15(14)8-16)12-19(20,21)22/h2-3,8,13H,4-7,9-12H2,1H3,(H,23,26). The molecular weight excluding hydrogens is 375 g/mol. The first kappa shape index (κ1) is 19.5. The summed E-state index contributed by atoms with van der Waals surface area (Å²) in [6.07, 6.45) is -3.53. The van der Waals surface area contributed by atoms with E-state index in [1.165, 1.54) is 4.90 Å². The van der Waals surface area contributed by atoms with Gasteiger partial charge < -0.3 is 19.7 Å². The first-order valence-corrected chi connectivity index (χ1v) is 9.46. The van der Waals surface area contributed by atoms with Crippen molar-refractivity contribution in [3.05, 3.63) is 29.3 Å². The molecule has 3 aliphatic heterocycles. The molecule has 1 spiro atoms. The monoisotopic (exact) mass is 399 g/mol. The summed E-state index contributed by atoms with van der Waals surface area (Å²) in [7, 11) is 0. The number of fused-ring (bicyclic) bond motifs is 1. The van der Waals surface area contributed by atoms with Crippen molar-refractivity contribution in [1.82, 2.24) is 9.80 Å². The number of morpholine rings is 1. The summed E-state index contributed by atoms with van der Waals surface area (Å²) >= 11 is 0. The molecule has 1 aromatic carbocycles. The lowest BCUT2D eigenvalue weighted by atomic mass is 9.94. The average molecular weight is 399 g/mol. The van der Waals surface area contributed by atoms with Crippen LogP contribution in [0.1, 0.15) is 24.5 Å². The zero-order chi connectivity index (χ0) is 19.9. The number of benzene rings is 1. The van der Waals surface area contributed by atoms with E-state index < -0.39 is 18.3 Å². The van der Waals surface area contributed by atoms with Crippen LogP contribution in [0.2, 0.25) is 0 Å². The van der Waals surface area contributed by atoms with E-state index in [2.05, 4.69) is 5.32 Å². The van der Waals surface area contributed by atoms with Crippen molar-refractivity contribution in [2.75, 3.05) is 38.2 Å². The fraction of sp³-hybridized carbons (Fsp3) is 0.632. The summed E-state index contributed by atoms with van der Waals surface area (Å²) in [5.74, 6) is 0. The molecular formula is C19H24F3N3O3. The molecule has 2 unspecified atom stereocenters. The van der Waals surface area contributed by atoms with Gasteiger partial charge in [-0.05, 0) is 30.2 Å². The Balaban J connectivity index is 1.39. The Kier molecular flexibility index (Phi) is 5.01. The molecule has 154 valence electrons. The number of rotatable bonds is 2. The fourth-order valence-electron chi connectivity index (χ4n) is 4.25. The van der Waals surface area contributed by atoms with Crippen LogP contribution in [0.4, 0.5) is 23.7 Å². The maximum atomic E-state index is 12.7. The van der Waals surface area contributed by atoms with Crippen molar-refractivity contribution in [3.63, 3.8) is 0 Å². The Morgan fingerprint density at radius 2 is 2.07 bits per heavy atom. The van der Waals surface area contributed by atoms with Crippen molar-refractivity contribution >= 4 is 11.7 Å². The molecule has 28 heavy (non-hydrogen) atoms. The smallest absolute Gasteiger partial charge is 0.375 e. The summed E-state index contributed by atoms with van der Waals surface area (Å²) in [5, 5.41) is 2.88. The van der Waals surface area contributed by atoms with E-state index in [1.807, 2.05) is 6.92 Å². The number of alkyl halides is 3. The third kappa shape index (κ3) is 3.97. The number of nitrogens with zero attached hydrogens (tertiary/aromatic N) is 2. The number of halogens is 3. The highest BCUT2D eigenvalue weighted by Gasteiger charge is 2.47. The van der Waals surface area contributed by atoms with Gasteiger partial charge in [-0.2, -0.15) is 13.2 Å². The molecule has 3 aliphatic rings. The molecule has 9 heteroatoms. The zero-order valence-corrected chi connectivity index (χ0v) is 15.7. The van der Waals surface area contributed by atoms with Gasteiger partial charge >= 0.3 is 12.2 Å². The van der Waals surface area contributed by atoms with E-state index in [9.17, 15) is 18.0 Å². The van der Waals surface area contributed by atoms with E-state index in [0.29, 0.717) is 32.0 Å². The van der Waals surface area contributed by atoms with Crippen LogP contribution in [0.3, 0.4) is 0 Å². The molecule has 1 aromatic rings. The lowest BCUT2D eigenvalue weighted by molar-refractivity contribution is -0.146. The van der Waals surface area contributed by atoms with Crippen molar-refractivity contribution in [2.24, 2.45) is 0 Å². The number of nitrogens with one attached hydrogen (secondary N) is 1. The number of anilines is 1. The molecule has 0 aliphatic carbocycles. The molecule has 0 bridgehead atoms. The lowest BCUT2D eigenvalue weighted by Crippen LogP contribution is -2.57. The number of hydrogen-bond acceptors (Lipinski definition) is 4. The maximum Gasteiger partial charge on any atom is 0.401 e. The molecule has 2 amide bonds. The third-order valence-corrected chi connectivity index (χ3v) is 5.78. The maximum absolute atomic E-state index is 12.7. The minimum Gasteiger partial charge on any atom is -0.375 e. The molecule has 0 aromatic heterocycles. The molecule has 1 N–H and O–H groups in total. The molecule has 3 heterocycles. The van der Waals surface area contributed by atoms with E-state index in [4.69, 9.17) is 9.47 Å². The van der Waals surface area contributed by atoms with Crippen LogP contribution >= 0.6 is 0 Å². The molecule has 4 rings (SSSR count). The number of ether oxygens (including phenoxy) is 2. The topological polar surface area (TPSA) is 54.0 Å². The van der Waals surface area contributed by atoms with Gasteiger partial charge in [0, 0.05) is 38.3 Å². The third-order valence-electron chi connectivity index (χ3n) is 5.78. The van der Waals surface area contributed by atoms with Crippen LogP contribution in [0.5, 0.6) is 0 Å². The normalized spacial score (nSPS) is 28.0. The van der Waals surface area contributed by atoms with Gasteiger partial charge in [-0.15, -0.1) is 0 Å². The van der Waals surface area contributed by atoms with E-state index in [-0.39, 0.29) is 25.2 Å². The van der Waals surface area contributed by atoms with Crippen molar-refractivity contribution in [2.45, 2.75) is 44.3 Å². The molecule has 6 nitrogen and oxygen atoms in total. The van der Waals surface area contributed by atoms with Gasteiger partial charge in [-0.25, -0.2) is 4.79 Å². The average Bonchev–Trinajstić information content (AvgIpc) is 3.16. The van der Waals surface area contributed by atoms with Crippen LogP contribution in [0.15, 0.2) is 18.2 Å². The van der Waals surface area contributed by atoms with Crippen LogP contribution in [-0.2, 0) is 22.6 Å². The fourth-order valence-corrected chi connectivity index (χ4v) is 4.25. The van der Waals surface area contributed by atoms with E-state index >= 15 is 0 Å². The quantitative estimate of drug-likeness (QED) is 0.831. The molecule has 0 saturated carbocycles. The number of urea groups is 1. The highest BCUT2D eigenvalue weighted by atomic mass is 19.4. The van der Waals surface area contributed by atoms with Crippen LogP contribution in [-0.4, -0.2) is 66.6 Å². The number of carbonyl (C=O) groups is 1. The van der Waals surface area contributed by atoms with Gasteiger partial charge in [0.25, 0.3) is 0 Å². The number of amides is 2. The molecule has 2 atom stereocenters. The minimum absolute atomic E-state index is 0.0669. The largest absolute Gasteiger partial charge is 0.401 e. The van der Waals surface area contributed by atoms with Crippen LogP contribution in [0.25, 0.3) is 0 Å². The zero-order valence-electron chi connectivity index (χ0n) is 15.7. The Bertz CT molecular complexity index is 758. The first-order chi connectivity index (χ1) is 13.2. The van der Waals surface area contributed by atoms with Gasteiger partial charge in [0.05, 0.1) is 25.8 Å². The Morgan fingerprint density at radius 1 is 1.29 bits per heavy atom. The van der Waals surface area contributed by atoms with Crippen LogP contribution < -0.4 is 5.32 Å². The van der Waals surface area contributed by atoms with E-state index in [0.717, 1.165) is 17.5 Å². The second-order valence-electron chi connectivity index (χ2n) is 7.77. The second kappa shape index (κ2) is 7.20. The Morgan fingerprint density at radius 3 is 2.79 bits per heavy atom. The van der Waals surface area contributed by atoms with Crippen molar-refractivity contribution in [3.8, 4) is 0 Å². The molecule has 0 radical (unpaired) electrons.